The van der Waals surface area contributed by atoms with Crippen LogP contribution in [0, 0.1) is 6.07 Å². The van der Waals surface area contributed by atoms with E-state index in [4.69, 9.17) is 0 Å². The van der Waals surface area contributed by atoms with Crippen LogP contribution >= 0.6 is 0 Å². The van der Waals surface area contributed by atoms with Crippen molar-refractivity contribution in [2.75, 3.05) is 13.1 Å². The molecule has 1 aliphatic heterocycles. The van der Waals surface area contributed by atoms with Gasteiger partial charge in [0.2, 0.25) is 0 Å². The lowest BCUT2D eigenvalue weighted by molar-refractivity contribution is 0.215. The van der Waals surface area contributed by atoms with Gasteiger partial charge in [0.1, 0.15) is 0 Å². The molecule has 5 heteroatoms. The van der Waals surface area contributed by atoms with E-state index in [0.717, 1.165) is 29.9 Å². The maximum Gasteiger partial charge on any atom is 0.317 e. The van der Waals surface area contributed by atoms with Crippen molar-refractivity contribution in [2.45, 2.75) is 6.54 Å². The lowest BCUT2D eigenvalue weighted by Gasteiger charge is -2.14. The smallest absolute Gasteiger partial charge is 0.317 e. The van der Waals surface area contributed by atoms with E-state index in [1.807, 2.05) is 36.0 Å². The van der Waals surface area contributed by atoms with Gasteiger partial charge in [0, 0.05) is 38.4 Å². The summed E-state index contributed by atoms with van der Waals surface area (Å²) in [6.45, 7) is 2.11. The van der Waals surface area contributed by atoms with Gasteiger partial charge in [0.15, 0.2) is 0 Å². The van der Waals surface area contributed by atoms with Gasteiger partial charge >= 0.3 is 6.03 Å². The Labute approximate surface area is 111 Å². The van der Waals surface area contributed by atoms with Crippen molar-refractivity contribution in [3.63, 3.8) is 0 Å². The average Bonchev–Trinajstić information content (AvgIpc) is 3.00. The van der Waals surface area contributed by atoms with Crippen LogP contribution in [0.3, 0.4) is 0 Å². The highest BCUT2D eigenvalue weighted by atomic mass is 16.2. The SMILES string of the molecule is Cn1cnc(-c2[c]ccc(CN3CCNC3=O)c2)c1. The zero-order valence-corrected chi connectivity index (χ0v) is 10.8. The van der Waals surface area contributed by atoms with E-state index in [-0.39, 0.29) is 6.03 Å². The minimum absolute atomic E-state index is 0.00668. The normalized spacial score (nSPS) is 14.8. The quantitative estimate of drug-likeness (QED) is 0.901. The van der Waals surface area contributed by atoms with Gasteiger partial charge in [-0.2, -0.15) is 0 Å². The van der Waals surface area contributed by atoms with E-state index in [0.29, 0.717) is 6.54 Å². The molecule has 97 valence electrons. The van der Waals surface area contributed by atoms with Gasteiger partial charge in [0.05, 0.1) is 12.0 Å². The summed E-state index contributed by atoms with van der Waals surface area (Å²) in [5.74, 6) is 0. The maximum absolute atomic E-state index is 11.5. The fraction of sp³-hybridized carbons (Fsp3) is 0.286. The second-order valence-corrected chi connectivity index (χ2v) is 4.69. The monoisotopic (exact) mass is 255 g/mol. The molecule has 0 aliphatic carbocycles. The summed E-state index contributed by atoms with van der Waals surface area (Å²) in [6, 6.07) is 9.09. The Balaban J connectivity index is 1.81. The molecule has 1 radical (unpaired) electrons. The van der Waals surface area contributed by atoms with E-state index >= 15 is 0 Å². The molecule has 5 nitrogen and oxygen atoms in total. The van der Waals surface area contributed by atoms with Crippen molar-refractivity contribution in [1.29, 1.82) is 0 Å². The number of nitrogens with zero attached hydrogens (tertiary/aromatic N) is 3. The number of rotatable bonds is 3. The van der Waals surface area contributed by atoms with Gasteiger partial charge < -0.3 is 14.8 Å². The molecule has 1 saturated heterocycles. The number of carbonyl (C=O) groups excluding carboxylic acids is 1. The second kappa shape index (κ2) is 4.76. The van der Waals surface area contributed by atoms with Crippen LogP contribution in [0.15, 0.2) is 30.7 Å². The minimum Gasteiger partial charge on any atom is -0.340 e. The third-order valence-corrected chi connectivity index (χ3v) is 3.17. The van der Waals surface area contributed by atoms with Gasteiger partial charge in [0.25, 0.3) is 0 Å². The first kappa shape index (κ1) is 11.8. The highest BCUT2D eigenvalue weighted by Gasteiger charge is 2.19. The van der Waals surface area contributed by atoms with Crippen LogP contribution in [0.1, 0.15) is 5.56 Å². The topological polar surface area (TPSA) is 50.2 Å². The summed E-state index contributed by atoms with van der Waals surface area (Å²) in [7, 11) is 1.94. The number of amides is 2. The molecule has 2 heterocycles. The molecule has 0 spiro atoms. The average molecular weight is 255 g/mol. The molecule has 1 aliphatic rings. The second-order valence-electron chi connectivity index (χ2n) is 4.69. The number of benzene rings is 1. The molecule has 0 atom stereocenters. The Bertz CT molecular complexity index is 605. The maximum atomic E-state index is 11.5. The summed E-state index contributed by atoms with van der Waals surface area (Å²) < 4.78 is 1.91. The lowest BCUT2D eigenvalue weighted by Crippen LogP contribution is -2.27. The van der Waals surface area contributed by atoms with Crippen LogP contribution < -0.4 is 5.32 Å². The molecule has 3 rings (SSSR count). The largest absolute Gasteiger partial charge is 0.340 e. The number of hydrogen-bond donors (Lipinski definition) is 1. The van der Waals surface area contributed by atoms with E-state index in [9.17, 15) is 4.79 Å². The first-order chi connectivity index (χ1) is 9.22. The van der Waals surface area contributed by atoms with Crippen molar-refractivity contribution in [1.82, 2.24) is 19.8 Å². The van der Waals surface area contributed by atoms with E-state index in [1.165, 1.54) is 0 Å². The summed E-state index contributed by atoms with van der Waals surface area (Å²) in [4.78, 5) is 17.6. The number of carbonyl (C=O) groups is 1. The van der Waals surface area contributed by atoms with Crippen molar-refractivity contribution < 1.29 is 4.79 Å². The number of urea groups is 1. The van der Waals surface area contributed by atoms with Crippen LogP contribution in [-0.2, 0) is 13.6 Å². The molecule has 1 N–H and O–H groups in total. The first-order valence-electron chi connectivity index (χ1n) is 6.24. The van der Waals surface area contributed by atoms with Crippen LogP contribution in [0.2, 0.25) is 0 Å². The fourth-order valence-corrected chi connectivity index (χ4v) is 2.19. The van der Waals surface area contributed by atoms with Crippen molar-refractivity contribution in [3.8, 4) is 11.3 Å². The summed E-state index contributed by atoms with van der Waals surface area (Å²) >= 11 is 0. The zero-order valence-electron chi connectivity index (χ0n) is 10.8. The number of aromatic nitrogens is 2. The third-order valence-electron chi connectivity index (χ3n) is 3.17. The van der Waals surface area contributed by atoms with Gasteiger partial charge in [-0.05, 0) is 17.7 Å². The summed E-state index contributed by atoms with van der Waals surface area (Å²) in [5.41, 5.74) is 2.95. The van der Waals surface area contributed by atoms with Crippen molar-refractivity contribution >= 4 is 6.03 Å². The summed E-state index contributed by atoms with van der Waals surface area (Å²) in [5, 5.41) is 2.80. The number of imidazole rings is 1. The Kier molecular flexibility index (Phi) is 2.95. The number of nitrogens with one attached hydrogen (secondary N) is 1. The predicted molar refractivity (Wildman–Crippen MR) is 71.3 cm³/mol. The Morgan fingerprint density at radius 3 is 3.11 bits per heavy atom. The molecule has 1 fully saturated rings. The molecule has 0 saturated carbocycles. The van der Waals surface area contributed by atoms with Gasteiger partial charge in [-0.25, -0.2) is 9.78 Å². The molecular weight excluding hydrogens is 240 g/mol. The standard InChI is InChI=1S/C14H15N4O/c1-17-9-13(16-10-17)12-4-2-3-11(7-12)8-18-6-5-15-14(18)19/h2-3,7,9-10H,5-6,8H2,1H3,(H,15,19). The van der Waals surface area contributed by atoms with Gasteiger partial charge in [-0.3, -0.25) is 0 Å². The fourth-order valence-electron chi connectivity index (χ4n) is 2.19. The Morgan fingerprint density at radius 2 is 2.42 bits per heavy atom. The lowest BCUT2D eigenvalue weighted by atomic mass is 10.1. The molecule has 0 unspecified atom stereocenters. The molecular formula is C14H15N4O. The Morgan fingerprint density at radius 1 is 1.53 bits per heavy atom. The summed E-state index contributed by atoms with van der Waals surface area (Å²) in [6.07, 6.45) is 3.72. The van der Waals surface area contributed by atoms with Crippen LogP contribution in [0.25, 0.3) is 11.3 Å². The zero-order chi connectivity index (χ0) is 13.2. The first-order valence-corrected chi connectivity index (χ1v) is 6.24. The number of hydrogen-bond acceptors (Lipinski definition) is 2. The molecule has 1 aromatic carbocycles. The van der Waals surface area contributed by atoms with Crippen LogP contribution in [0.5, 0.6) is 0 Å². The third kappa shape index (κ3) is 2.45. The number of aryl methyl sites for hydroxylation is 1. The predicted octanol–water partition coefficient (Wildman–Crippen LogP) is 1.41. The highest BCUT2D eigenvalue weighted by molar-refractivity contribution is 5.76. The molecule has 2 aromatic rings. The highest BCUT2D eigenvalue weighted by Crippen LogP contribution is 2.18. The van der Waals surface area contributed by atoms with Crippen molar-refractivity contribution in [3.05, 3.63) is 42.4 Å². The van der Waals surface area contributed by atoms with E-state index in [2.05, 4.69) is 16.4 Å². The molecule has 1 aromatic heterocycles. The van der Waals surface area contributed by atoms with Crippen molar-refractivity contribution in [2.24, 2.45) is 7.05 Å². The van der Waals surface area contributed by atoms with Crippen LogP contribution in [0.4, 0.5) is 4.79 Å². The van der Waals surface area contributed by atoms with E-state index in [1.54, 1.807) is 11.2 Å². The Hall–Kier alpha value is -2.30. The van der Waals surface area contributed by atoms with Crippen LogP contribution in [-0.4, -0.2) is 33.6 Å². The van der Waals surface area contributed by atoms with E-state index < -0.39 is 0 Å². The molecule has 2 amide bonds. The minimum atomic E-state index is 0.00668. The molecule has 0 bridgehead atoms. The van der Waals surface area contributed by atoms with Gasteiger partial charge in [-0.15, -0.1) is 0 Å². The van der Waals surface area contributed by atoms with Gasteiger partial charge in [-0.1, -0.05) is 12.1 Å². The molecule has 19 heavy (non-hydrogen) atoms.